The van der Waals surface area contributed by atoms with E-state index in [1.807, 2.05) is 0 Å². The van der Waals surface area contributed by atoms with Gasteiger partial charge in [0.15, 0.2) is 5.96 Å². The van der Waals surface area contributed by atoms with Gasteiger partial charge in [0.25, 0.3) is 0 Å². The molecule has 0 aromatic carbocycles. The molecule has 2 N–H and O–H groups in total. The zero-order valence-corrected chi connectivity index (χ0v) is 16.9. The highest BCUT2D eigenvalue weighted by Crippen LogP contribution is 2.05. The van der Waals surface area contributed by atoms with Crippen molar-refractivity contribution in [1.29, 1.82) is 0 Å². The highest BCUT2D eigenvalue weighted by molar-refractivity contribution is 14.0. The molecular formula is C16H34IN3O2. The smallest absolute Gasteiger partial charge is 0.305 e. The summed E-state index contributed by atoms with van der Waals surface area (Å²) in [5.41, 5.74) is 0. The van der Waals surface area contributed by atoms with E-state index < -0.39 is 0 Å². The molecule has 5 nitrogen and oxygen atoms in total. The Kier molecular flexibility index (Phi) is 18.2. The van der Waals surface area contributed by atoms with E-state index in [1.54, 1.807) is 7.05 Å². The molecule has 0 heterocycles. The summed E-state index contributed by atoms with van der Waals surface area (Å²) in [5, 5.41) is 6.68. The van der Waals surface area contributed by atoms with Crippen molar-refractivity contribution in [3.05, 3.63) is 0 Å². The maximum Gasteiger partial charge on any atom is 0.305 e. The van der Waals surface area contributed by atoms with Crippen molar-refractivity contribution in [2.75, 3.05) is 20.7 Å². The molecule has 132 valence electrons. The van der Waals surface area contributed by atoms with Crippen LogP contribution in [0.15, 0.2) is 4.99 Å². The number of nitrogens with zero attached hydrogens (tertiary/aromatic N) is 1. The summed E-state index contributed by atoms with van der Waals surface area (Å²) in [5.74, 6) is 0.703. The fraction of sp³-hybridized carbons (Fsp3) is 0.875. The predicted octanol–water partition coefficient (Wildman–Crippen LogP) is 3.47. The molecule has 0 fully saturated rings. The largest absolute Gasteiger partial charge is 0.469 e. The average Bonchev–Trinajstić information content (AvgIpc) is 2.49. The molecule has 0 spiro atoms. The van der Waals surface area contributed by atoms with Gasteiger partial charge in [-0.05, 0) is 26.2 Å². The van der Waals surface area contributed by atoms with Crippen LogP contribution in [0.1, 0.15) is 65.2 Å². The van der Waals surface area contributed by atoms with Gasteiger partial charge in [-0.25, -0.2) is 0 Å². The highest BCUT2D eigenvalue weighted by atomic mass is 127. The van der Waals surface area contributed by atoms with Crippen molar-refractivity contribution in [3.63, 3.8) is 0 Å². The number of hydrogen-bond acceptors (Lipinski definition) is 3. The summed E-state index contributed by atoms with van der Waals surface area (Å²) >= 11 is 0. The Morgan fingerprint density at radius 3 is 2.50 bits per heavy atom. The minimum atomic E-state index is -0.141. The first-order valence-corrected chi connectivity index (χ1v) is 8.18. The number of hydrogen-bond donors (Lipinski definition) is 2. The third-order valence-corrected chi connectivity index (χ3v) is 3.43. The first kappa shape index (κ1) is 23.7. The number of aliphatic imine (C=N–C) groups is 1. The Morgan fingerprint density at radius 1 is 1.18 bits per heavy atom. The summed E-state index contributed by atoms with van der Waals surface area (Å²) in [6.45, 7) is 5.24. The monoisotopic (exact) mass is 427 g/mol. The number of halogens is 1. The lowest BCUT2D eigenvalue weighted by Gasteiger charge is -2.17. The van der Waals surface area contributed by atoms with E-state index in [0.29, 0.717) is 12.5 Å². The molecule has 0 amide bonds. The van der Waals surface area contributed by atoms with E-state index >= 15 is 0 Å². The first-order valence-electron chi connectivity index (χ1n) is 8.18. The van der Waals surface area contributed by atoms with Gasteiger partial charge >= 0.3 is 5.97 Å². The maximum absolute atomic E-state index is 11.0. The molecule has 0 aromatic rings. The van der Waals surface area contributed by atoms with Crippen LogP contribution in [0.25, 0.3) is 0 Å². The van der Waals surface area contributed by atoms with Crippen LogP contribution in [0.4, 0.5) is 0 Å². The van der Waals surface area contributed by atoms with E-state index in [1.165, 1.54) is 39.2 Å². The van der Waals surface area contributed by atoms with Gasteiger partial charge in [-0.1, -0.05) is 32.6 Å². The Hall–Kier alpha value is -0.530. The number of nitrogens with one attached hydrogen (secondary N) is 2. The lowest BCUT2D eigenvalue weighted by Crippen LogP contribution is -2.42. The second-order valence-electron chi connectivity index (χ2n) is 5.43. The third-order valence-electron chi connectivity index (χ3n) is 3.43. The predicted molar refractivity (Wildman–Crippen MR) is 104 cm³/mol. The normalized spacial score (nSPS) is 12.3. The molecule has 0 aromatic heterocycles. The topological polar surface area (TPSA) is 62.7 Å². The number of rotatable bonds is 11. The summed E-state index contributed by atoms with van der Waals surface area (Å²) < 4.78 is 4.61. The van der Waals surface area contributed by atoms with Gasteiger partial charge in [0.1, 0.15) is 0 Å². The van der Waals surface area contributed by atoms with Crippen molar-refractivity contribution in [1.82, 2.24) is 10.6 Å². The van der Waals surface area contributed by atoms with E-state index in [4.69, 9.17) is 0 Å². The fourth-order valence-electron chi connectivity index (χ4n) is 2.08. The number of ether oxygens (including phenoxy) is 1. The SMILES string of the molecule is CCCCCCC(C)NC(=NC)NCCCCC(=O)OC.I. The van der Waals surface area contributed by atoms with Crippen molar-refractivity contribution in [2.45, 2.75) is 71.3 Å². The molecule has 0 aliphatic rings. The second-order valence-corrected chi connectivity index (χ2v) is 5.43. The molecule has 0 bridgehead atoms. The minimum Gasteiger partial charge on any atom is -0.469 e. The first-order chi connectivity index (χ1) is 10.1. The molecule has 0 saturated heterocycles. The van der Waals surface area contributed by atoms with E-state index in [2.05, 4.69) is 34.2 Å². The minimum absolute atomic E-state index is 0. The summed E-state index contributed by atoms with van der Waals surface area (Å²) in [6, 6.07) is 0.433. The second kappa shape index (κ2) is 16.8. The molecule has 22 heavy (non-hydrogen) atoms. The Morgan fingerprint density at radius 2 is 1.91 bits per heavy atom. The van der Waals surface area contributed by atoms with Crippen molar-refractivity contribution in [2.24, 2.45) is 4.99 Å². The van der Waals surface area contributed by atoms with Gasteiger partial charge in [0.2, 0.25) is 0 Å². The van der Waals surface area contributed by atoms with Crippen LogP contribution >= 0.6 is 24.0 Å². The molecule has 0 aliphatic heterocycles. The molecular weight excluding hydrogens is 393 g/mol. The van der Waals surface area contributed by atoms with Gasteiger partial charge in [-0.2, -0.15) is 0 Å². The van der Waals surface area contributed by atoms with Gasteiger partial charge in [-0.15, -0.1) is 24.0 Å². The Bertz CT molecular complexity index is 299. The molecule has 0 aliphatic carbocycles. The molecule has 0 rings (SSSR count). The zero-order chi connectivity index (χ0) is 15.9. The molecule has 1 unspecified atom stereocenters. The van der Waals surface area contributed by atoms with Crippen LogP contribution < -0.4 is 10.6 Å². The Balaban J connectivity index is 0. The maximum atomic E-state index is 11.0. The van der Waals surface area contributed by atoms with Gasteiger partial charge in [0, 0.05) is 26.1 Å². The van der Waals surface area contributed by atoms with Crippen LogP contribution in [0.3, 0.4) is 0 Å². The van der Waals surface area contributed by atoms with Crippen LogP contribution in [-0.2, 0) is 9.53 Å². The number of carbonyl (C=O) groups excluding carboxylic acids is 1. The van der Waals surface area contributed by atoms with Gasteiger partial charge < -0.3 is 15.4 Å². The van der Waals surface area contributed by atoms with Gasteiger partial charge in [0.05, 0.1) is 7.11 Å². The van der Waals surface area contributed by atoms with Gasteiger partial charge in [-0.3, -0.25) is 9.79 Å². The van der Waals surface area contributed by atoms with Crippen molar-refractivity contribution < 1.29 is 9.53 Å². The Labute approximate surface area is 153 Å². The number of methoxy groups -OCH3 is 1. The molecule has 0 saturated carbocycles. The summed E-state index contributed by atoms with van der Waals surface area (Å²) in [7, 11) is 3.21. The molecule has 0 radical (unpaired) electrons. The van der Waals surface area contributed by atoms with Crippen LogP contribution in [0, 0.1) is 0 Å². The average molecular weight is 427 g/mol. The number of unbranched alkanes of at least 4 members (excludes halogenated alkanes) is 4. The highest BCUT2D eigenvalue weighted by Gasteiger charge is 2.05. The zero-order valence-electron chi connectivity index (χ0n) is 14.6. The van der Waals surface area contributed by atoms with Crippen LogP contribution in [0.5, 0.6) is 0 Å². The van der Waals surface area contributed by atoms with E-state index in [9.17, 15) is 4.79 Å². The summed E-state index contributed by atoms with van der Waals surface area (Å²) in [6.07, 6.45) is 8.59. The summed E-state index contributed by atoms with van der Waals surface area (Å²) in [4.78, 5) is 15.2. The lowest BCUT2D eigenvalue weighted by molar-refractivity contribution is -0.140. The van der Waals surface area contributed by atoms with Crippen molar-refractivity contribution >= 4 is 35.9 Å². The quantitative estimate of drug-likeness (QED) is 0.174. The van der Waals surface area contributed by atoms with Crippen molar-refractivity contribution in [3.8, 4) is 0 Å². The van der Waals surface area contributed by atoms with E-state index in [-0.39, 0.29) is 29.9 Å². The third kappa shape index (κ3) is 14.4. The fourth-order valence-corrected chi connectivity index (χ4v) is 2.08. The lowest BCUT2D eigenvalue weighted by atomic mass is 10.1. The number of carbonyl (C=O) groups is 1. The van der Waals surface area contributed by atoms with Crippen LogP contribution in [0.2, 0.25) is 0 Å². The number of guanidine groups is 1. The molecule has 1 atom stereocenters. The van der Waals surface area contributed by atoms with Crippen LogP contribution in [-0.4, -0.2) is 38.7 Å². The molecule has 6 heteroatoms. The standard InChI is InChI=1S/C16H33N3O2.HI/c1-5-6-7-8-11-14(2)19-16(17-3)18-13-10-9-12-15(20)21-4;/h14H,5-13H2,1-4H3,(H2,17,18,19);1H. The number of esters is 1. The van der Waals surface area contributed by atoms with E-state index in [0.717, 1.165) is 25.3 Å².